The molecule has 1 atom stereocenters. The average Bonchev–Trinajstić information content (AvgIpc) is 2.30. The van der Waals surface area contributed by atoms with E-state index in [9.17, 15) is 4.79 Å². The fourth-order valence-electron chi connectivity index (χ4n) is 3.37. The van der Waals surface area contributed by atoms with Crippen molar-refractivity contribution in [3.05, 3.63) is 0 Å². The van der Waals surface area contributed by atoms with Gasteiger partial charge in [0.1, 0.15) is 5.78 Å². The van der Waals surface area contributed by atoms with Crippen LogP contribution in [0.2, 0.25) is 0 Å². The Hall–Kier alpha value is -0.370. The number of ketones is 1. The number of hydrogen-bond donors (Lipinski definition) is 0. The van der Waals surface area contributed by atoms with Gasteiger partial charge in [-0.25, -0.2) is 0 Å². The fraction of sp³-hybridized carbons (Fsp3) is 0.933. The van der Waals surface area contributed by atoms with Gasteiger partial charge in [0.15, 0.2) is 0 Å². The number of ether oxygens (including phenoxy) is 1. The number of carbonyl (C=O) groups is 1. The van der Waals surface area contributed by atoms with Crippen molar-refractivity contribution >= 4 is 5.78 Å². The standard InChI is InChI=1S/C15H26O2/c1-12(2)14(16)10-13-6-9-17-15(11-13)7-4-3-5-8-15/h12-13H,3-11H2,1-2H3. The summed E-state index contributed by atoms with van der Waals surface area (Å²) in [6.07, 6.45) is 9.42. The minimum absolute atomic E-state index is 0.151. The molecular formula is C15H26O2. The summed E-state index contributed by atoms with van der Waals surface area (Å²) in [7, 11) is 0. The number of hydrogen-bond acceptors (Lipinski definition) is 2. The molecule has 1 spiro atoms. The topological polar surface area (TPSA) is 26.3 Å². The van der Waals surface area contributed by atoms with Gasteiger partial charge in [0, 0.05) is 18.9 Å². The van der Waals surface area contributed by atoms with E-state index in [4.69, 9.17) is 4.74 Å². The zero-order chi connectivity index (χ0) is 12.3. The summed E-state index contributed by atoms with van der Waals surface area (Å²) in [4.78, 5) is 11.8. The van der Waals surface area contributed by atoms with Crippen LogP contribution in [0.15, 0.2) is 0 Å². The molecule has 0 amide bonds. The molecule has 0 aromatic carbocycles. The van der Waals surface area contributed by atoms with Gasteiger partial charge in [0.05, 0.1) is 5.60 Å². The molecule has 1 saturated heterocycles. The Morgan fingerprint density at radius 3 is 2.65 bits per heavy atom. The van der Waals surface area contributed by atoms with Gasteiger partial charge < -0.3 is 4.74 Å². The molecule has 0 aromatic rings. The van der Waals surface area contributed by atoms with Gasteiger partial charge in [0.25, 0.3) is 0 Å². The first-order chi connectivity index (χ1) is 8.11. The maximum Gasteiger partial charge on any atom is 0.135 e. The van der Waals surface area contributed by atoms with E-state index < -0.39 is 0 Å². The van der Waals surface area contributed by atoms with Crippen LogP contribution in [0.4, 0.5) is 0 Å². The van der Waals surface area contributed by atoms with E-state index in [-0.39, 0.29) is 11.5 Å². The Balaban J connectivity index is 1.90. The summed E-state index contributed by atoms with van der Waals surface area (Å²) in [5.41, 5.74) is 0.151. The lowest BCUT2D eigenvalue weighted by Gasteiger charge is -2.43. The van der Waals surface area contributed by atoms with Crippen LogP contribution >= 0.6 is 0 Å². The fourth-order valence-corrected chi connectivity index (χ4v) is 3.37. The number of rotatable bonds is 3. The normalized spacial score (nSPS) is 28.5. The predicted octanol–water partition coefficient (Wildman–Crippen LogP) is 3.73. The molecule has 2 aliphatic rings. The predicted molar refractivity (Wildman–Crippen MR) is 69.0 cm³/mol. The van der Waals surface area contributed by atoms with E-state index in [0.29, 0.717) is 11.7 Å². The molecule has 0 bridgehead atoms. The van der Waals surface area contributed by atoms with Crippen molar-refractivity contribution < 1.29 is 9.53 Å². The molecule has 1 saturated carbocycles. The van der Waals surface area contributed by atoms with Crippen molar-refractivity contribution in [1.82, 2.24) is 0 Å². The molecule has 0 N–H and O–H groups in total. The molecular weight excluding hydrogens is 212 g/mol. The smallest absolute Gasteiger partial charge is 0.135 e. The van der Waals surface area contributed by atoms with Crippen molar-refractivity contribution in [1.29, 1.82) is 0 Å². The van der Waals surface area contributed by atoms with Crippen molar-refractivity contribution in [2.24, 2.45) is 11.8 Å². The summed E-state index contributed by atoms with van der Waals surface area (Å²) in [5, 5.41) is 0. The van der Waals surface area contributed by atoms with Gasteiger partial charge >= 0.3 is 0 Å². The average molecular weight is 238 g/mol. The van der Waals surface area contributed by atoms with Gasteiger partial charge in [-0.2, -0.15) is 0 Å². The molecule has 1 heterocycles. The molecule has 0 aromatic heterocycles. The minimum Gasteiger partial charge on any atom is -0.375 e. The molecule has 0 radical (unpaired) electrons. The first-order valence-corrected chi connectivity index (χ1v) is 7.28. The van der Waals surface area contributed by atoms with Crippen LogP contribution in [0.1, 0.15) is 65.2 Å². The molecule has 17 heavy (non-hydrogen) atoms. The highest BCUT2D eigenvalue weighted by Crippen LogP contribution is 2.41. The third-order valence-corrected chi connectivity index (χ3v) is 4.49. The minimum atomic E-state index is 0.151. The quantitative estimate of drug-likeness (QED) is 0.749. The van der Waals surface area contributed by atoms with Crippen molar-refractivity contribution in [3.8, 4) is 0 Å². The lowest BCUT2D eigenvalue weighted by atomic mass is 9.74. The summed E-state index contributed by atoms with van der Waals surface area (Å²) in [6, 6.07) is 0. The second-order valence-electron chi connectivity index (χ2n) is 6.28. The molecule has 98 valence electrons. The summed E-state index contributed by atoms with van der Waals surface area (Å²) < 4.78 is 6.07. The monoisotopic (exact) mass is 238 g/mol. The first-order valence-electron chi connectivity index (χ1n) is 7.28. The third-order valence-electron chi connectivity index (χ3n) is 4.49. The summed E-state index contributed by atoms with van der Waals surface area (Å²) in [5.74, 6) is 1.21. The van der Waals surface area contributed by atoms with E-state index in [1.54, 1.807) is 0 Å². The maximum atomic E-state index is 11.8. The molecule has 2 nitrogen and oxygen atoms in total. The third kappa shape index (κ3) is 3.31. The van der Waals surface area contributed by atoms with Crippen LogP contribution in [0.3, 0.4) is 0 Å². The molecule has 1 aliphatic heterocycles. The Kier molecular flexibility index (Phi) is 4.24. The van der Waals surface area contributed by atoms with E-state index in [0.717, 1.165) is 25.9 Å². The Bertz CT molecular complexity index is 259. The van der Waals surface area contributed by atoms with E-state index in [1.807, 2.05) is 13.8 Å². The Morgan fingerprint density at radius 2 is 2.00 bits per heavy atom. The highest BCUT2D eigenvalue weighted by atomic mass is 16.5. The SMILES string of the molecule is CC(C)C(=O)CC1CCOC2(CCCCC2)C1. The Labute approximate surface area is 105 Å². The zero-order valence-corrected chi connectivity index (χ0v) is 11.3. The van der Waals surface area contributed by atoms with E-state index in [1.165, 1.54) is 32.1 Å². The molecule has 1 aliphatic carbocycles. The van der Waals surface area contributed by atoms with Crippen LogP contribution in [-0.4, -0.2) is 18.0 Å². The van der Waals surface area contributed by atoms with Crippen LogP contribution in [0, 0.1) is 11.8 Å². The molecule has 2 heteroatoms. The lowest BCUT2D eigenvalue weighted by molar-refractivity contribution is -0.132. The van der Waals surface area contributed by atoms with Crippen LogP contribution in [0.5, 0.6) is 0 Å². The lowest BCUT2D eigenvalue weighted by Crippen LogP contribution is -2.42. The van der Waals surface area contributed by atoms with Gasteiger partial charge in [-0.05, 0) is 31.6 Å². The largest absolute Gasteiger partial charge is 0.375 e. The van der Waals surface area contributed by atoms with Crippen molar-refractivity contribution in [2.75, 3.05) is 6.61 Å². The van der Waals surface area contributed by atoms with Crippen LogP contribution < -0.4 is 0 Å². The highest BCUT2D eigenvalue weighted by molar-refractivity contribution is 5.80. The highest BCUT2D eigenvalue weighted by Gasteiger charge is 2.38. The number of carbonyl (C=O) groups excluding carboxylic acids is 1. The van der Waals surface area contributed by atoms with Gasteiger partial charge in [-0.15, -0.1) is 0 Å². The molecule has 1 unspecified atom stereocenters. The number of Topliss-reactive ketones (excluding diaryl/α,β-unsaturated/α-hetero) is 1. The molecule has 2 fully saturated rings. The van der Waals surface area contributed by atoms with Crippen molar-refractivity contribution in [3.63, 3.8) is 0 Å². The van der Waals surface area contributed by atoms with Gasteiger partial charge in [-0.3, -0.25) is 4.79 Å². The van der Waals surface area contributed by atoms with Crippen molar-refractivity contribution in [2.45, 2.75) is 70.8 Å². The first kappa shape index (κ1) is 13.1. The maximum absolute atomic E-state index is 11.8. The zero-order valence-electron chi connectivity index (χ0n) is 11.3. The van der Waals surface area contributed by atoms with E-state index >= 15 is 0 Å². The van der Waals surface area contributed by atoms with E-state index in [2.05, 4.69) is 0 Å². The summed E-state index contributed by atoms with van der Waals surface area (Å²) in [6.45, 7) is 4.89. The van der Waals surface area contributed by atoms with Crippen LogP contribution in [-0.2, 0) is 9.53 Å². The van der Waals surface area contributed by atoms with Crippen LogP contribution in [0.25, 0.3) is 0 Å². The second-order valence-corrected chi connectivity index (χ2v) is 6.28. The summed E-state index contributed by atoms with van der Waals surface area (Å²) >= 11 is 0. The second kappa shape index (κ2) is 5.51. The van der Waals surface area contributed by atoms with Gasteiger partial charge in [0.2, 0.25) is 0 Å². The Morgan fingerprint density at radius 1 is 1.29 bits per heavy atom. The molecule has 2 rings (SSSR count). The van der Waals surface area contributed by atoms with Gasteiger partial charge in [-0.1, -0.05) is 33.1 Å².